The van der Waals surface area contributed by atoms with Crippen LogP contribution in [0, 0.1) is 11.6 Å². The summed E-state index contributed by atoms with van der Waals surface area (Å²) in [6, 6.07) is 6.58. The molecule has 200 valence electrons. The van der Waals surface area contributed by atoms with Gasteiger partial charge in [-0.25, -0.2) is 18.7 Å². The number of benzene rings is 1. The van der Waals surface area contributed by atoms with Crippen LogP contribution < -0.4 is 5.32 Å². The van der Waals surface area contributed by atoms with Crippen molar-refractivity contribution in [2.75, 3.05) is 11.6 Å². The maximum Gasteiger partial charge on any atom is 0.474 e. The van der Waals surface area contributed by atoms with E-state index in [1.54, 1.807) is 0 Å². The number of anilines is 2. The zero-order valence-electron chi connectivity index (χ0n) is 18.9. The Morgan fingerprint density at radius 3 is 2.42 bits per heavy atom. The van der Waals surface area contributed by atoms with Gasteiger partial charge in [-0.3, -0.25) is 4.79 Å². The number of nitrogens with zero attached hydrogens (tertiary/aromatic N) is 3. The minimum atomic E-state index is -5.21. The minimum absolute atomic E-state index is 0.0349. The van der Waals surface area contributed by atoms with Crippen molar-refractivity contribution in [3.8, 4) is 11.1 Å². The van der Waals surface area contributed by atoms with Gasteiger partial charge in [-0.15, -0.1) is 0 Å². The van der Waals surface area contributed by atoms with E-state index in [0.29, 0.717) is 6.07 Å². The summed E-state index contributed by atoms with van der Waals surface area (Å²) in [5.74, 6) is -4.75. The fraction of sp³-hybridized carbons (Fsp3) is 0.174. The summed E-state index contributed by atoms with van der Waals surface area (Å²) in [6.45, 7) is 0. The van der Waals surface area contributed by atoms with Crippen molar-refractivity contribution in [2.24, 2.45) is 4.36 Å². The number of amides is 1. The third kappa shape index (κ3) is 5.98. The third-order valence-electron chi connectivity index (χ3n) is 5.00. The molecular formula is C23H14F8N4O2S. The minimum Gasteiger partial charge on any atom is -0.464 e. The van der Waals surface area contributed by atoms with Gasteiger partial charge in [0, 0.05) is 16.9 Å². The molecule has 3 aromatic heterocycles. The summed E-state index contributed by atoms with van der Waals surface area (Å²) >= 11 is 0. The van der Waals surface area contributed by atoms with E-state index in [1.807, 2.05) is 0 Å². The average Bonchev–Trinajstić information content (AvgIpc) is 3.30. The number of alkyl halides is 6. The highest BCUT2D eigenvalue weighted by molar-refractivity contribution is 7.86. The van der Waals surface area contributed by atoms with E-state index in [2.05, 4.69) is 19.6 Å². The van der Waals surface area contributed by atoms with Crippen molar-refractivity contribution in [3.63, 3.8) is 0 Å². The predicted octanol–water partition coefficient (Wildman–Crippen LogP) is 6.95. The number of halogens is 8. The molecule has 6 nitrogen and oxygen atoms in total. The topological polar surface area (TPSA) is 80.4 Å². The molecule has 4 aromatic rings. The quantitative estimate of drug-likeness (QED) is 0.266. The Balaban J connectivity index is 1.70. The highest BCUT2D eigenvalue weighted by atomic mass is 32.2. The van der Waals surface area contributed by atoms with E-state index >= 15 is 0 Å². The molecular weight excluding hydrogens is 548 g/mol. The van der Waals surface area contributed by atoms with Crippen LogP contribution in [0.25, 0.3) is 22.1 Å². The van der Waals surface area contributed by atoms with E-state index < -0.39 is 57.9 Å². The second kappa shape index (κ2) is 10.1. The molecule has 1 amide bonds. The second-order valence-corrected chi connectivity index (χ2v) is 9.49. The van der Waals surface area contributed by atoms with E-state index in [-0.39, 0.29) is 33.5 Å². The summed E-state index contributed by atoms with van der Waals surface area (Å²) in [7, 11) is -1.60. The van der Waals surface area contributed by atoms with Gasteiger partial charge in [0.05, 0.1) is 17.8 Å². The van der Waals surface area contributed by atoms with Crippen LogP contribution in [0.1, 0.15) is 11.3 Å². The molecule has 0 bridgehead atoms. The Morgan fingerprint density at radius 2 is 1.74 bits per heavy atom. The lowest BCUT2D eigenvalue weighted by atomic mass is 10.0. The SMILES string of the molecule is CS(Cc1cc(Nc2cc(-c3ccc(F)c4ccoc34)c(F)cn2)nc(C(F)(F)F)c1)=NC(=O)C(F)(F)F. The predicted molar refractivity (Wildman–Crippen MR) is 122 cm³/mol. The number of carbonyl (C=O) groups is 1. The van der Waals surface area contributed by atoms with E-state index in [0.717, 1.165) is 30.7 Å². The zero-order chi connectivity index (χ0) is 27.8. The van der Waals surface area contributed by atoms with Crippen LogP contribution in [0.5, 0.6) is 0 Å². The van der Waals surface area contributed by atoms with Crippen molar-refractivity contribution in [3.05, 3.63) is 71.8 Å². The average molecular weight is 562 g/mol. The first kappa shape index (κ1) is 27.2. The fourth-order valence-corrected chi connectivity index (χ4v) is 4.53. The fourth-order valence-electron chi connectivity index (χ4n) is 3.43. The van der Waals surface area contributed by atoms with Gasteiger partial charge in [0.25, 0.3) is 0 Å². The molecule has 0 spiro atoms. The molecule has 0 saturated carbocycles. The van der Waals surface area contributed by atoms with Crippen molar-refractivity contribution >= 4 is 39.2 Å². The number of pyridine rings is 2. The lowest BCUT2D eigenvalue weighted by Gasteiger charge is -2.13. The monoisotopic (exact) mass is 562 g/mol. The smallest absolute Gasteiger partial charge is 0.464 e. The number of rotatable bonds is 5. The van der Waals surface area contributed by atoms with Gasteiger partial charge in [0.1, 0.15) is 34.5 Å². The van der Waals surface area contributed by atoms with Crippen molar-refractivity contribution < 1.29 is 44.3 Å². The molecule has 0 aliphatic heterocycles. The molecule has 0 aliphatic carbocycles. The van der Waals surface area contributed by atoms with Crippen molar-refractivity contribution in [1.82, 2.24) is 9.97 Å². The summed E-state index contributed by atoms with van der Waals surface area (Å²) in [5, 5.41) is 2.60. The van der Waals surface area contributed by atoms with Crippen LogP contribution in [0.2, 0.25) is 0 Å². The van der Waals surface area contributed by atoms with Crippen LogP contribution >= 0.6 is 0 Å². The third-order valence-corrected chi connectivity index (χ3v) is 6.23. The Hall–Kier alpha value is -3.88. The van der Waals surface area contributed by atoms with Gasteiger partial charge < -0.3 is 9.73 Å². The number of carbonyl (C=O) groups excluding carboxylic acids is 1. The van der Waals surface area contributed by atoms with Crippen LogP contribution in [-0.2, 0) is 27.4 Å². The number of fused-ring (bicyclic) bond motifs is 1. The molecule has 0 radical (unpaired) electrons. The van der Waals surface area contributed by atoms with Gasteiger partial charge in [0.2, 0.25) is 0 Å². The Labute approximate surface area is 210 Å². The standard InChI is InChI=1S/C23H14F8N4O2S/c1-38(35-21(36)23(29,30)31)10-11-6-17(22(26,27)28)33-19(7-11)34-18-8-14(16(25)9-32-18)12-2-3-15(24)13-4-5-37-20(12)13/h2-9H,10H2,1H3,(H,32,33,34). The Morgan fingerprint density at radius 1 is 1.00 bits per heavy atom. The normalized spacial score (nSPS) is 13.2. The largest absolute Gasteiger partial charge is 0.474 e. The number of hydrogen-bond acceptors (Lipinski definition) is 5. The van der Waals surface area contributed by atoms with Gasteiger partial charge in [-0.1, -0.05) is 10.7 Å². The maximum absolute atomic E-state index is 14.6. The first-order valence-electron chi connectivity index (χ1n) is 10.3. The van der Waals surface area contributed by atoms with Gasteiger partial charge in [-0.05, 0) is 48.2 Å². The van der Waals surface area contributed by atoms with Gasteiger partial charge in [0.15, 0.2) is 0 Å². The van der Waals surface area contributed by atoms with Gasteiger partial charge >= 0.3 is 18.3 Å². The van der Waals surface area contributed by atoms with Gasteiger partial charge in [-0.2, -0.15) is 30.7 Å². The number of nitrogens with one attached hydrogen (secondary N) is 1. The van der Waals surface area contributed by atoms with Crippen molar-refractivity contribution in [1.29, 1.82) is 0 Å². The molecule has 38 heavy (non-hydrogen) atoms. The summed E-state index contributed by atoms with van der Waals surface area (Å²) in [6.07, 6.45) is -6.97. The summed E-state index contributed by atoms with van der Waals surface area (Å²) in [5.41, 5.74) is -1.40. The summed E-state index contributed by atoms with van der Waals surface area (Å²) in [4.78, 5) is 18.4. The van der Waals surface area contributed by atoms with E-state index in [1.165, 1.54) is 18.4 Å². The molecule has 0 aliphatic rings. The molecule has 1 aromatic carbocycles. The van der Waals surface area contributed by atoms with E-state index in [4.69, 9.17) is 4.42 Å². The first-order valence-corrected chi connectivity index (χ1v) is 12.1. The van der Waals surface area contributed by atoms with Crippen LogP contribution in [0.4, 0.5) is 46.8 Å². The Kier molecular flexibility index (Phi) is 7.23. The lowest BCUT2D eigenvalue weighted by Crippen LogP contribution is -2.21. The van der Waals surface area contributed by atoms with E-state index in [9.17, 15) is 39.9 Å². The molecule has 4 rings (SSSR count). The molecule has 1 atom stereocenters. The number of hydrogen-bond donors (Lipinski definition) is 1. The van der Waals surface area contributed by atoms with Crippen LogP contribution in [0.15, 0.2) is 57.6 Å². The molecule has 1 unspecified atom stereocenters. The number of aromatic nitrogens is 2. The van der Waals surface area contributed by atoms with Crippen molar-refractivity contribution in [2.45, 2.75) is 18.1 Å². The molecule has 0 saturated heterocycles. The molecule has 1 N–H and O–H groups in total. The molecule has 15 heteroatoms. The van der Waals surface area contributed by atoms with Crippen LogP contribution in [0.3, 0.4) is 0 Å². The van der Waals surface area contributed by atoms with Crippen LogP contribution in [-0.4, -0.2) is 28.3 Å². The highest BCUT2D eigenvalue weighted by Gasteiger charge is 2.39. The Bertz CT molecular complexity index is 1560. The second-order valence-electron chi connectivity index (χ2n) is 7.82. The summed E-state index contributed by atoms with van der Waals surface area (Å²) < 4.78 is 115. The number of furan rings is 1. The highest BCUT2D eigenvalue weighted by Crippen LogP contribution is 2.35. The zero-order valence-corrected chi connectivity index (χ0v) is 19.7. The first-order chi connectivity index (χ1) is 17.7. The molecule has 3 heterocycles. The lowest BCUT2D eigenvalue weighted by molar-refractivity contribution is -0.169. The maximum atomic E-state index is 14.6. The molecule has 0 fully saturated rings.